The van der Waals surface area contributed by atoms with E-state index >= 15 is 0 Å². The number of hydrogen-bond acceptors (Lipinski definition) is 1. The third kappa shape index (κ3) is 4.44. The van der Waals surface area contributed by atoms with E-state index in [-0.39, 0.29) is 0 Å². The minimum absolute atomic E-state index is 0.694. The fourth-order valence-corrected chi connectivity index (χ4v) is 0.283. The van der Waals surface area contributed by atoms with Crippen molar-refractivity contribution in [2.24, 2.45) is 0 Å². The first-order valence-electron chi connectivity index (χ1n) is 1.44. The first kappa shape index (κ1) is 5.44. The SMILES string of the molecule is [CH2]CCOBr. The quantitative estimate of drug-likeness (QED) is 0.562. The summed E-state index contributed by atoms with van der Waals surface area (Å²) in [6.07, 6.45) is 0.825. The fourth-order valence-electron chi connectivity index (χ4n) is 0.0546. The molecule has 0 aliphatic rings. The van der Waals surface area contributed by atoms with Crippen LogP contribution < -0.4 is 0 Å². The van der Waals surface area contributed by atoms with E-state index < -0.39 is 0 Å². The van der Waals surface area contributed by atoms with Crippen LogP contribution in [0.25, 0.3) is 0 Å². The molecular weight excluding hydrogens is 132 g/mol. The molecule has 0 aliphatic carbocycles. The van der Waals surface area contributed by atoms with Crippen molar-refractivity contribution in [3.05, 3.63) is 6.92 Å². The standard InChI is InChI=1S/C3H6BrO/c1-2-3-5-4/h1-3H2. The maximum Gasteiger partial charge on any atom is 0.0987 e. The smallest absolute Gasteiger partial charge is 0.0987 e. The van der Waals surface area contributed by atoms with Gasteiger partial charge in [0.25, 0.3) is 0 Å². The number of hydrogen-bond donors (Lipinski definition) is 0. The molecule has 0 aromatic carbocycles. The van der Waals surface area contributed by atoms with Crippen molar-refractivity contribution in [2.75, 3.05) is 6.61 Å². The highest BCUT2D eigenvalue weighted by Gasteiger charge is 1.68. The zero-order valence-electron chi connectivity index (χ0n) is 2.91. The van der Waals surface area contributed by atoms with Crippen LogP contribution in [0.1, 0.15) is 6.42 Å². The maximum atomic E-state index is 4.44. The molecule has 0 aromatic rings. The average molecular weight is 138 g/mol. The van der Waals surface area contributed by atoms with Gasteiger partial charge in [-0.25, -0.2) is 0 Å². The maximum absolute atomic E-state index is 4.44. The Labute approximate surface area is 40.8 Å². The van der Waals surface area contributed by atoms with Gasteiger partial charge in [-0.3, -0.25) is 0 Å². The van der Waals surface area contributed by atoms with Gasteiger partial charge < -0.3 is 3.83 Å². The van der Waals surface area contributed by atoms with Gasteiger partial charge >= 0.3 is 0 Å². The topological polar surface area (TPSA) is 9.23 Å². The number of rotatable bonds is 2. The number of halogens is 1. The molecule has 0 aromatic heterocycles. The Hall–Kier alpha value is 0.440. The third-order valence-corrected chi connectivity index (χ3v) is 0.545. The molecule has 1 radical (unpaired) electrons. The molecule has 0 bridgehead atoms. The minimum Gasteiger partial charge on any atom is -0.308 e. The van der Waals surface area contributed by atoms with Crippen LogP contribution in [0.4, 0.5) is 0 Å². The minimum atomic E-state index is 0.694. The Kier molecular flexibility index (Phi) is 4.83. The van der Waals surface area contributed by atoms with Crippen LogP contribution in [0.15, 0.2) is 0 Å². The first-order valence-corrected chi connectivity index (χ1v) is 2.09. The second kappa shape index (κ2) is 4.44. The predicted octanol–water partition coefficient (Wildman–Crippen LogP) is 1.54. The van der Waals surface area contributed by atoms with Gasteiger partial charge in [0.2, 0.25) is 0 Å². The molecule has 31 valence electrons. The second-order valence-electron chi connectivity index (χ2n) is 0.667. The van der Waals surface area contributed by atoms with Crippen LogP contribution in [0.5, 0.6) is 0 Å². The largest absolute Gasteiger partial charge is 0.308 e. The molecule has 0 amide bonds. The molecule has 0 saturated heterocycles. The highest BCUT2D eigenvalue weighted by atomic mass is 79.9. The van der Waals surface area contributed by atoms with E-state index in [4.69, 9.17) is 0 Å². The van der Waals surface area contributed by atoms with Gasteiger partial charge in [0, 0.05) is 0 Å². The summed E-state index contributed by atoms with van der Waals surface area (Å²) in [4.78, 5) is 0. The van der Waals surface area contributed by atoms with Crippen LogP contribution in [0, 0.1) is 6.92 Å². The lowest BCUT2D eigenvalue weighted by Crippen LogP contribution is -1.74. The van der Waals surface area contributed by atoms with Crippen LogP contribution >= 0.6 is 16.3 Å². The Morgan fingerprint density at radius 3 is 2.40 bits per heavy atom. The Bertz CT molecular complexity index is 14.4. The van der Waals surface area contributed by atoms with Gasteiger partial charge in [-0.15, -0.1) is 0 Å². The van der Waals surface area contributed by atoms with E-state index in [9.17, 15) is 0 Å². The lowest BCUT2D eigenvalue weighted by Gasteiger charge is -1.80. The van der Waals surface area contributed by atoms with Crippen molar-refractivity contribution in [2.45, 2.75) is 6.42 Å². The van der Waals surface area contributed by atoms with Gasteiger partial charge in [0.15, 0.2) is 0 Å². The molecule has 0 fully saturated rings. The second-order valence-corrected chi connectivity index (χ2v) is 1.12. The lowest BCUT2D eigenvalue weighted by molar-refractivity contribution is 0.405. The molecule has 0 aliphatic heterocycles. The van der Waals surface area contributed by atoms with E-state index in [2.05, 4.69) is 27.0 Å². The first-order chi connectivity index (χ1) is 2.41. The van der Waals surface area contributed by atoms with Gasteiger partial charge in [-0.1, -0.05) is 6.92 Å². The molecule has 0 spiro atoms. The van der Waals surface area contributed by atoms with Gasteiger partial charge in [-0.2, -0.15) is 0 Å². The van der Waals surface area contributed by atoms with Crippen molar-refractivity contribution >= 4 is 16.3 Å². The molecular formula is C3H6BrO. The highest BCUT2D eigenvalue weighted by Crippen LogP contribution is 1.83. The summed E-state index contributed by atoms with van der Waals surface area (Å²) in [5.41, 5.74) is 0. The van der Waals surface area contributed by atoms with Crippen LogP contribution in [0.2, 0.25) is 0 Å². The third-order valence-electron chi connectivity index (χ3n) is 0.221. The summed E-state index contributed by atoms with van der Waals surface area (Å²) in [6, 6.07) is 0. The zero-order chi connectivity index (χ0) is 4.12. The normalized spacial score (nSPS) is 8.40. The summed E-state index contributed by atoms with van der Waals surface area (Å²) in [5.74, 6) is 0. The molecule has 2 heteroatoms. The van der Waals surface area contributed by atoms with Crippen LogP contribution in [-0.4, -0.2) is 6.61 Å². The highest BCUT2D eigenvalue weighted by molar-refractivity contribution is 9.06. The van der Waals surface area contributed by atoms with E-state index in [1.807, 2.05) is 0 Å². The monoisotopic (exact) mass is 137 g/mol. The van der Waals surface area contributed by atoms with E-state index in [0.29, 0.717) is 6.61 Å². The molecule has 0 unspecified atom stereocenters. The predicted molar refractivity (Wildman–Crippen MR) is 24.9 cm³/mol. The fraction of sp³-hybridized carbons (Fsp3) is 0.667. The Morgan fingerprint density at radius 2 is 2.40 bits per heavy atom. The lowest BCUT2D eigenvalue weighted by atomic mass is 10.5. The molecule has 0 N–H and O–H groups in total. The van der Waals surface area contributed by atoms with Crippen molar-refractivity contribution in [3.8, 4) is 0 Å². The van der Waals surface area contributed by atoms with Crippen LogP contribution in [0.3, 0.4) is 0 Å². The molecule has 0 heterocycles. The van der Waals surface area contributed by atoms with Gasteiger partial charge in [0.05, 0.1) is 22.9 Å². The summed E-state index contributed by atoms with van der Waals surface area (Å²) >= 11 is 2.77. The summed E-state index contributed by atoms with van der Waals surface area (Å²) in [7, 11) is 0. The summed E-state index contributed by atoms with van der Waals surface area (Å²) in [5, 5.41) is 0. The van der Waals surface area contributed by atoms with Crippen LogP contribution in [-0.2, 0) is 3.83 Å². The molecule has 0 rings (SSSR count). The van der Waals surface area contributed by atoms with Crippen molar-refractivity contribution in [1.29, 1.82) is 0 Å². The van der Waals surface area contributed by atoms with Crippen molar-refractivity contribution in [1.82, 2.24) is 0 Å². The van der Waals surface area contributed by atoms with E-state index in [1.54, 1.807) is 0 Å². The summed E-state index contributed by atoms with van der Waals surface area (Å²) in [6.45, 7) is 4.21. The average Bonchev–Trinajstić information content (AvgIpc) is 1.41. The van der Waals surface area contributed by atoms with Gasteiger partial charge in [-0.05, 0) is 6.42 Å². The van der Waals surface area contributed by atoms with E-state index in [1.165, 1.54) is 0 Å². The molecule has 0 saturated carbocycles. The van der Waals surface area contributed by atoms with Gasteiger partial charge in [0.1, 0.15) is 0 Å². The molecule has 5 heavy (non-hydrogen) atoms. The Morgan fingerprint density at radius 1 is 1.80 bits per heavy atom. The zero-order valence-corrected chi connectivity index (χ0v) is 4.49. The van der Waals surface area contributed by atoms with Crippen molar-refractivity contribution in [3.63, 3.8) is 0 Å². The van der Waals surface area contributed by atoms with E-state index in [0.717, 1.165) is 6.42 Å². The molecule has 0 atom stereocenters. The van der Waals surface area contributed by atoms with Crippen molar-refractivity contribution < 1.29 is 3.83 Å². The molecule has 1 nitrogen and oxygen atoms in total. The Balaban J connectivity index is 2.19. The summed E-state index contributed by atoms with van der Waals surface area (Å²) < 4.78 is 4.44.